The number of rotatable bonds is 6. The minimum Gasteiger partial charge on any atom is -0.412 e. The molecule has 0 aromatic carbocycles. The molecule has 0 atom stereocenters. The van der Waals surface area contributed by atoms with Gasteiger partial charge >= 0.3 is 0 Å². The summed E-state index contributed by atoms with van der Waals surface area (Å²) in [6.07, 6.45) is 0. The van der Waals surface area contributed by atoms with Crippen LogP contribution in [0.2, 0.25) is 0 Å². The van der Waals surface area contributed by atoms with Crippen molar-refractivity contribution in [3.63, 3.8) is 0 Å². The van der Waals surface area contributed by atoms with Crippen LogP contribution in [-0.4, -0.2) is 109 Å². The van der Waals surface area contributed by atoms with E-state index in [1.807, 2.05) is 0 Å². The summed E-state index contributed by atoms with van der Waals surface area (Å²) in [6, 6.07) is 0. The average Bonchev–Trinajstić information content (AvgIpc) is 2.68. The Kier molecular flexibility index (Phi) is 444. The minimum absolute atomic E-state index is 0. The van der Waals surface area contributed by atoms with Gasteiger partial charge in [-0.05, 0) is 0 Å². The normalized spacial score (nSPS) is 5.59. The van der Waals surface area contributed by atoms with E-state index in [4.69, 9.17) is 30.6 Å². The standard InChI is InChI=1S/2C3H8O2.2C2H6O2.3C2H5.2H2O.3U/c2*1-5-3-2-4;2*3-1-2-4;3*1-2;;;;;/h2*4H,2-3H2,1H3;2*3-4H,1-2H2;3*1H2,2H3;2*1H2;;;/q;;;;3*-1;;;;;. The predicted molar refractivity (Wildman–Crippen MR) is 107 cm³/mol. The molecule has 0 heterocycles. The molecule has 0 aliphatic carbocycles. The maximum absolute atomic E-state index is 7.94. The zero-order valence-electron chi connectivity index (χ0n) is 18.8. The fourth-order valence-corrected chi connectivity index (χ4v) is 0.183. The van der Waals surface area contributed by atoms with Crippen LogP contribution in [0.15, 0.2) is 0 Å². The summed E-state index contributed by atoms with van der Waals surface area (Å²) in [5.41, 5.74) is 0. The zero-order valence-corrected chi connectivity index (χ0v) is 31.3. The van der Waals surface area contributed by atoms with Gasteiger partial charge in [0.15, 0.2) is 0 Å². The molecular formula is C16H47O10U3-3. The predicted octanol–water partition coefficient (Wildman–Crippen LogP) is -1.94. The number of aliphatic hydroxyl groups excluding tert-OH is 6. The molecular weight excluding hydrogens is 1070 g/mol. The Balaban J connectivity index is -0.0000000116. The molecule has 13 heteroatoms. The second-order valence-electron chi connectivity index (χ2n) is 2.33. The van der Waals surface area contributed by atoms with Gasteiger partial charge in [0.25, 0.3) is 0 Å². The second-order valence-corrected chi connectivity index (χ2v) is 2.33. The fraction of sp³-hybridized carbons (Fsp3) is 0.812. The molecule has 186 valence electrons. The van der Waals surface area contributed by atoms with Gasteiger partial charge in [-0.25, -0.2) is 0 Å². The summed E-state index contributed by atoms with van der Waals surface area (Å²) in [6.45, 7) is 15.6. The molecule has 0 aliphatic heterocycles. The Bertz CT molecular complexity index is 87.3. The van der Waals surface area contributed by atoms with Crippen molar-refractivity contribution < 1.29 is 144 Å². The van der Waals surface area contributed by atoms with Crippen molar-refractivity contribution >= 4 is 0 Å². The molecule has 0 aromatic rings. The van der Waals surface area contributed by atoms with Crippen LogP contribution in [-0.2, 0) is 9.47 Å². The quantitative estimate of drug-likeness (QED) is 0.165. The van der Waals surface area contributed by atoms with Crippen molar-refractivity contribution in [2.24, 2.45) is 0 Å². The Hall–Kier alpha value is 2.76. The van der Waals surface area contributed by atoms with E-state index < -0.39 is 0 Å². The monoisotopic (exact) mass is 1110 g/mol. The molecule has 0 radical (unpaired) electrons. The third-order valence-electron chi connectivity index (χ3n) is 0.791. The van der Waals surface area contributed by atoms with E-state index in [0.717, 1.165) is 0 Å². The van der Waals surface area contributed by atoms with Crippen LogP contribution >= 0.6 is 0 Å². The summed E-state index contributed by atoms with van der Waals surface area (Å²) in [7, 11) is 3.10. The van der Waals surface area contributed by atoms with Crippen LogP contribution in [0, 0.1) is 114 Å². The van der Waals surface area contributed by atoms with Crippen molar-refractivity contribution in [2.75, 3.05) is 67.1 Å². The van der Waals surface area contributed by atoms with E-state index in [9.17, 15) is 0 Å². The van der Waals surface area contributed by atoms with Gasteiger partial charge in [-0.3, -0.25) is 0 Å². The molecule has 0 unspecified atom stereocenters. The Morgan fingerprint density at radius 1 is 0.448 bits per heavy atom. The van der Waals surface area contributed by atoms with Crippen LogP contribution in [0.1, 0.15) is 20.8 Å². The molecule has 0 bridgehead atoms. The first-order valence-corrected chi connectivity index (χ1v) is 7.41. The first kappa shape index (κ1) is 77.0. The number of aliphatic hydroxyl groups is 6. The van der Waals surface area contributed by atoms with E-state index in [1.165, 1.54) is 0 Å². The van der Waals surface area contributed by atoms with Crippen LogP contribution in [0.25, 0.3) is 0 Å². The molecule has 10 nitrogen and oxygen atoms in total. The summed E-state index contributed by atoms with van der Waals surface area (Å²) in [4.78, 5) is 0. The molecule has 0 amide bonds. The van der Waals surface area contributed by atoms with Crippen LogP contribution in [0.4, 0.5) is 0 Å². The Labute approximate surface area is 250 Å². The number of hydrogen-bond donors (Lipinski definition) is 6. The van der Waals surface area contributed by atoms with Gasteiger partial charge in [-0.2, -0.15) is 20.8 Å². The SMILES string of the molecule is COCCO.COCCO.O.O.OCCO.OCCO.[CH2-]C.[CH2-]C.[CH2-]C.[U].[U].[U]. The molecule has 0 fully saturated rings. The largest absolute Gasteiger partial charge is 0.412 e. The first-order chi connectivity index (χ1) is 11.7. The average molecular weight is 1110 g/mol. The van der Waals surface area contributed by atoms with Gasteiger partial charge in [-0.1, -0.05) is 0 Å². The van der Waals surface area contributed by atoms with Crippen molar-refractivity contribution in [1.82, 2.24) is 0 Å². The Morgan fingerprint density at radius 3 is 0.586 bits per heavy atom. The molecule has 0 saturated carbocycles. The van der Waals surface area contributed by atoms with Gasteiger partial charge in [0, 0.05) is 108 Å². The van der Waals surface area contributed by atoms with E-state index in [1.54, 1.807) is 35.0 Å². The van der Waals surface area contributed by atoms with E-state index in [0.29, 0.717) is 13.2 Å². The topological polar surface area (TPSA) is 203 Å². The van der Waals surface area contributed by atoms with E-state index in [2.05, 4.69) is 30.2 Å². The van der Waals surface area contributed by atoms with Crippen LogP contribution in [0.5, 0.6) is 0 Å². The Morgan fingerprint density at radius 2 is 0.586 bits per heavy atom. The maximum atomic E-state index is 7.94. The van der Waals surface area contributed by atoms with E-state index in [-0.39, 0.29) is 144 Å². The molecule has 10 N–H and O–H groups in total. The summed E-state index contributed by atoms with van der Waals surface area (Å²) < 4.78 is 8.88. The van der Waals surface area contributed by atoms with Gasteiger partial charge in [-0.15, -0.1) is 0 Å². The van der Waals surface area contributed by atoms with Crippen molar-refractivity contribution in [3.05, 3.63) is 20.8 Å². The van der Waals surface area contributed by atoms with Gasteiger partial charge < -0.3 is 71.8 Å². The molecule has 0 spiro atoms. The number of hydrogen-bond acceptors (Lipinski definition) is 8. The van der Waals surface area contributed by atoms with Crippen LogP contribution in [0.3, 0.4) is 0 Å². The summed E-state index contributed by atoms with van der Waals surface area (Å²) in [5.74, 6) is 0. The fourth-order valence-electron chi connectivity index (χ4n) is 0.183. The summed E-state index contributed by atoms with van der Waals surface area (Å²) in [5, 5.41) is 46.4. The van der Waals surface area contributed by atoms with Crippen molar-refractivity contribution in [2.45, 2.75) is 20.8 Å². The van der Waals surface area contributed by atoms with Gasteiger partial charge in [0.1, 0.15) is 0 Å². The number of methoxy groups -OCH3 is 2. The first-order valence-electron chi connectivity index (χ1n) is 7.41. The smallest absolute Gasteiger partial charge is 0.0693 e. The third-order valence-corrected chi connectivity index (χ3v) is 0.791. The molecule has 29 heavy (non-hydrogen) atoms. The molecule has 0 aromatic heterocycles. The van der Waals surface area contributed by atoms with Crippen molar-refractivity contribution in [1.29, 1.82) is 0 Å². The molecule has 0 aliphatic rings. The minimum atomic E-state index is -0.125. The third kappa shape index (κ3) is 332. The maximum Gasteiger partial charge on any atom is 0.0693 e. The molecule has 0 rings (SSSR count). The van der Waals surface area contributed by atoms with Crippen molar-refractivity contribution in [3.8, 4) is 0 Å². The van der Waals surface area contributed by atoms with Gasteiger partial charge in [0.05, 0.1) is 52.9 Å². The summed E-state index contributed by atoms with van der Waals surface area (Å²) >= 11 is 0. The van der Waals surface area contributed by atoms with E-state index >= 15 is 0 Å². The number of ether oxygens (including phenoxy) is 2. The van der Waals surface area contributed by atoms with Gasteiger partial charge in [0.2, 0.25) is 0 Å². The second kappa shape index (κ2) is 167. The zero-order chi connectivity index (χ0) is 21.1. The van der Waals surface area contributed by atoms with Crippen LogP contribution < -0.4 is 0 Å². The molecule has 0 saturated heterocycles.